The number of carbonyl (C=O) groups is 1. The number of hydrogen-bond acceptors (Lipinski definition) is 2. The van der Waals surface area contributed by atoms with Crippen LogP contribution >= 0.6 is 11.6 Å². The molecular formula is C12H13ClFNO2. The van der Waals surface area contributed by atoms with Crippen LogP contribution in [0.15, 0.2) is 18.2 Å². The first-order chi connectivity index (χ1) is 8.11. The Morgan fingerprint density at radius 2 is 2.29 bits per heavy atom. The monoisotopic (exact) mass is 257 g/mol. The third kappa shape index (κ3) is 2.58. The third-order valence-corrected chi connectivity index (χ3v) is 3.37. The summed E-state index contributed by atoms with van der Waals surface area (Å²) in [6.45, 7) is 0.799. The Kier molecular flexibility index (Phi) is 3.64. The largest absolute Gasteiger partial charge is 0.396 e. The summed E-state index contributed by atoms with van der Waals surface area (Å²) < 4.78 is 13.2. The minimum absolute atomic E-state index is 0.000870. The van der Waals surface area contributed by atoms with Crippen molar-refractivity contribution in [2.24, 2.45) is 5.92 Å². The molecule has 1 atom stereocenters. The first-order valence-electron chi connectivity index (χ1n) is 5.43. The lowest BCUT2D eigenvalue weighted by molar-refractivity contribution is -0.128. The highest BCUT2D eigenvalue weighted by atomic mass is 35.5. The fourth-order valence-corrected chi connectivity index (χ4v) is 2.19. The van der Waals surface area contributed by atoms with Gasteiger partial charge in [0.1, 0.15) is 5.82 Å². The van der Waals surface area contributed by atoms with Gasteiger partial charge in [0, 0.05) is 32.0 Å². The molecule has 17 heavy (non-hydrogen) atoms. The summed E-state index contributed by atoms with van der Waals surface area (Å²) >= 11 is 5.83. The van der Waals surface area contributed by atoms with Crippen LogP contribution in [0.1, 0.15) is 12.0 Å². The SMILES string of the molecule is O=C1CC(CO)CN1Cc1cccc(F)c1Cl. The van der Waals surface area contributed by atoms with Crippen LogP contribution in [-0.2, 0) is 11.3 Å². The van der Waals surface area contributed by atoms with Crippen molar-refractivity contribution in [1.29, 1.82) is 0 Å². The Morgan fingerprint density at radius 1 is 1.53 bits per heavy atom. The molecule has 1 aromatic carbocycles. The summed E-state index contributed by atoms with van der Waals surface area (Å²) in [5.74, 6) is -0.520. The predicted molar refractivity (Wildman–Crippen MR) is 62.0 cm³/mol. The summed E-state index contributed by atoms with van der Waals surface area (Å²) in [5.41, 5.74) is 0.596. The van der Waals surface area contributed by atoms with Gasteiger partial charge in [0.25, 0.3) is 0 Å². The molecular weight excluding hydrogens is 245 g/mol. The number of amides is 1. The number of halogens is 2. The molecule has 92 valence electrons. The Balaban J connectivity index is 2.11. The van der Waals surface area contributed by atoms with Crippen LogP contribution in [0, 0.1) is 11.7 Å². The lowest BCUT2D eigenvalue weighted by Gasteiger charge is -2.17. The number of rotatable bonds is 3. The number of aliphatic hydroxyl groups is 1. The van der Waals surface area contributed by atoms with Gasteiger partial charge in [-0.3, -0.25) is 4.79 Å². The van der Waals surface area contributed by atoms with E-state index in [1.54, 1.807) is 17.0 Å². The van der Waals surface area contributed by atoms with Crippen molar-refractivity contribution in [3.05, 3.63) is 34.6 Å². The van der Waals surface area contributed by atoms with Crippen LogP contribution in [0.4, 0.5) is 4.39 Å². The summed E-state index contributed by atoms with van der Waals surface area (Å²) in [4.78, 5) is 13.2. The van der Waals surface area contributed by atoms with Gasteiger partial charge in [0.05, 0.1) is 5.02 Å². The molecule has 1 unspecified atom stereocenters. The molecule has 0 aliphatic carbocycles. The molecule has 1 aromatic rings. The molecule has 1 heterocycles. The second-order valence-electron chi connectivity index (χ2n) is 4.24. The second kappa shape index (κ2) is 5.02. The first-order valence-corrected chi connectivity index (χ1v) is 5.81. The average Bonchev–Trinajstić information content (AvgIpc) is 2.66. The van der Waals surface area contributed by atoms with Crippen molar-refractivity contribution in [2.45, 2.75) is 13.0 Å². The lowest BCUT2D eigenvalue weighted by Crippen LogP contribution is -2.25. The average molecular weight is 258 g/mol. The zero-order valence-electron chi connectivity index (χ0n) is 9.20. The van der Waals surface area contributed by atoms with Gasteiger partial charge in [0.2, 0.25) is 5.91 Å². The number of likely N-dealkylation sites (tertiary alicyclic amines) is 1. The van der Waals surface area contributed by atoms with Crippen LogP contribution in [-0.4, -0.2) is 29.1 Å². The molecule has 2 rings (SSSR count). The second-order valence-corrected chi connectivity index (χ2v) is 4.62. The molecule has 0 aromatic heterocycles. The number of hydrogen-bond donors (Lipinski definition) is 1. The van der Waals surface area contributed by atoms with E-state index in [4.69, 9.17) is 16.7 Å². The standard InChI is InChI=1S/C12H13ClFNO2/c13-12-9(2-1-3-10(12)14)6-15-5-8(7-16)4-11(15)17/h1-3,8,16H,4-7H2. The van der Waals surface area contributed by atoms with Gasteiger partial charge in [0.15, 0.2) is 0 Å². The molecule has 3 nitrogen and oxygen atoms in total. The van der Waals surface area contributed by atoms with E-state index in [2.05, 4.69) is 0 Å². The van der Waals surface area contributed by atoms with Crippen molar-refractivity contribution in [3.8, 4) is 0 Å². The molecule has 1 aliphatic rings. The quantitative estimate of drug-likeness (QED) is 0.897. The predicted octanol–water partition coefficient (Wildman–Crippen LogP) is 1.82. The number of aliphatic hydroxyl groups excluding tert-OH is 1. The maximum absolute atomic E-state index is 13.2. The maximum Gasteiger partial charge on any atom is 0.223 e. The van der Waals surface area contributed by atoms with Crippen LogP contribution in [0.25, 0.3) is 0 Å². The van der Waals surface area contributed by atoms with Crippen LogP contribution < -0.4 is 0 Å². The zero-order valence-corrected chi connectivity index (χ0v) is 9.95. The Bertz CT molecular complexity index is 439. The molecule has 0 bridgehead atoms. The summed E-state index contributed by atoms with van der Waals surface area (Å²) in [5, 5.41) is 9.06. The summed E-state index contributed by atoms with van der Waals surface area (Å²) in [6, 6.07) is 4.56. The minimum atomic E-state index is -0.477. The van der Waals surface area contributed by atoms with Gasteiger partial charge >= 0.3 is 0 Å². The molecule has 0 radical (unpaired) electrons. The van der Waals surface area contributed by atoms with E-state index in [0.717, 1.165) is 0 Å². The smallest absolute Gasteiger partial charge is 0.223 e. The van der Waals surface area contributed by atoms with E-state index in [0.29, 0.717) is 25.1 Å². The van der Waals surface area contributed by atoms with Gasteiger partial charge in [-0.25, -0.2) is 4.39 Å². The van der Waals surface area contributed by atoms with Crippen molar-refractivity contribution in [1.82, 2.24) is 4.90 Å². The fourth-order valence-electron chi connectivity index (χ4n) is 2.01. The summed E-state index contributed by atoms with van der Waals surface area (Å²) in [6.07, 6.45) is 0.351. The van der Waals surface area contributed by atoms with Gasteiger partial charge in [-0.1, -0.05) is 23.7 Å². The fraction of sp³-hybridized carbons (Fsp3) is 0.417. The minimum Gasteiger partial charge on any atom is -0.396 e. The molecule has 1 fully saturated rings. The summed E-state index contributed by atoms with van der Waals surface area (Å²) in [7, 11) is 0. The highest BCUT2D eigenvalue weighted by Gasteiger charge is 2.29. The number of benzene rings is 1. The van der Waals surface area contributed by atoms with Gasteiger partial charge < -0.3 is 10.0 Å². The van der Waals surface area contributed by atoms with E-state index < -0.39 is 5.82 Å². The molecule has 1 saturated heterocycles. The Morgan fingerprint density at radius 3 is 2.94 bits per heavy atom. The maximum atomic E-state index is 13.2. The molecule has 0 saturated carbocycles. The van der Waals surface area contributed by atoms with E-state index in [9.17, 15) is 9.18 Å². The molecule has 0 spiro atoms. The van der Waals surface area contributed by atoms with Crippen molar-refractivity contribution in [2.75, 3.05) is 13.2 Å². The van der Waals surface area contributed by atoms with Gasteiger partial charge in [-0.2, -0.15) is 0 Å². The van der Waals surface area contributed by atoms with E-state index in [-0.39, 0.29) is 23.5 Å². The molecule has 1 amide bonds. The number of nitrogens with zero attached hydrogens (tertiary/aromatic N) is 1. The van der Waals surface area contributed by atoms with E-state index >= 15 is 0 Å². The Labute approximate surface area is 104 Å². The molecule has 1 N–H and O–H groups in total. The van der Waals surface area contributed by atoms with Crippen LogP contribution in [0.5, 0.6) is 0 Å². The normalized spacial score (nSPS) is 20.1. The van der Waals surface area contributed by atoms with Crippen molar-refractivity contribution in [3.63, 3.8) is 0 Å². The zero-order chi connectivity index (χ0) is 12.4. The van der Waals surface area contributed by atoms with Crippen molar-refractivity contribution < 1.29 is 14.3 Å². The van der Waals surface area contributed by atoms with E-state index in [1.165, 1.54) is 6.07 Å². The van der Waals surface area contributed by atoms with Gasteiger partial charge in [-0.05, 0) is 11.6 Å². The van der Waals surface area contributed by atoms with Crippen LogP contribution in [0.2, 0.25) is 5.02 Å². The Hall–Kier alpha value is -1.13. The third-order valence-electron chi connectivity index (χ3n) is 2.95. The van der Waals surface area contributed by atoms with Crippen LogP contribution in [0.3, 0.4) is 0 Å². The highest BCUT2D eigenvalue weighted by molar-refractivity contribution is 6.31. The topological polar surface area (TPSA) is 40.5 Å². The van der Waals surface area contributed by atoms with E-state index in [1.807, 2.05) is 0 Å². The molecule has 1 aliphatic heterocycles. The highest BCUT2D eigenvalue weighted by Crippen LogP contribution is 2.24. The number of carbonyl (C=O) groups excluding carboxylic acids is 1. The van der Waals surface area contributed by atoms with Crippen molar-refractivity contribution >= 4 is 17.5 Å². The molecule has 5 heteroatoms. The van der Waals surface area contributed by atoms with Gasteiger partial charge in [-0.15, -0.1) is 0 Å². The first kappa shape index (κ1) is 12.3. The lowest BCUT2D eigenvalue weighted by atomic mass is 10.1.